The van der Waals surface area contributed by atoms with E-state index in [-0.39, 0.29) is 0 Å². The third kappa shape index (κ3) is 2.96. The van der Waals surface area contributed by atoms with E-state index in [9.17, 15) is 0 Å². The highest BCUT2D eigenvalue weighted by Gasteiger charge is 2.08. The van der Waals surface area contributed by atoms with Crippen molar-refractivity contribution in [3.05, 3.63) is 41.7 Å². The predicted molar refractivity (Wildman–Crippen MR) is 60.2 cm³/mol. The summed E-state index contributed by atoms with van der Waals surface area (Å²) in [6, 6.07) is 4.52. The molecule has 0 amide bonds. The highest BCUT2D eigenvalue weighted by atomic mass is 14.9. The second-order valence-electron chi connectivity index (χ2n) is 3.73. The van der Waals surface area contributed by atoms with Gasteiger partial charge in [0.2, 0.25) is 0 Å². The minimum Gasteiger partial charge on any atom is -0.313 e. The molecule has 1 N–H and O–H groups in total. The van der Waals surface area contributed by atoms with Crippen LogP contribution in [0.1, 0.15) is 30.6 Å². The molecule has 0 bridgehead atoms. The number of hydrogen-bond acceptors (Lipinski definition) is 2. The van der Waals surface area contributed by atoms with Gasteiger partial charge in [-0.25, -0.2) is 0 Å². The molecule has 1 atom stereocenters. The van der Waals surface area contributed by atoms with Crippen LogP contribution in [-0.2, 0) is 0 Å². The van der Waals surface area contributed by atoms with Gasteiger partial charge in [-0.2, -0.15) is 0 Å². The van der Waals surface area contributed by atoms with Crippen LogP contribution in [0.3, 0.4) is 0 Å². The molecule has 1 heterocycles. The number of hydrogen-bond donors (Lipinski definition) is 1. The third-order valence-electron chi connectivity index (χ3n) is 2.22. The zero-order chi connectivity index (χ0) is 10.6. The zero-order valence-electron chi connectivity index (χ0n) is 9.17. The summed E-state index contributed by atoms with van der Waals surface area (Å²) in [7, 11) is 1.98. The van der Waals surface area contributed by atoms with Gasteiger partial charge >= 0.3 is 0 Å². The summed E-state index contributed by atoms with van der Waals surface area (Å²) in [5.74, 6) is 0. The Labute approximate surface area is 86.1 Å². The first-order valence-electron chi connectivity index (χ1n) is 4.87. The van der Waals surface area contributed by atoms with Crippen molar-refractivity contribution < 1.29 is 0 Å². The topological polar surface area (TPSA) is 24.9 Å². The molecule has 0 radical (unpaired) electrons. The van der Waals surface area contributed by atoms with Gasteiger partial charge < -0.3 is 5.32 Å². The van der Waals surface area contributed by atoms with E-state index in [1.165, 1.54) is 11.1 Å². The van der Waals surface area contributed by atoms with Crippen LogP contribution in [0.25, 0.3) is 0 Å². The SMILES string of the molecule is C=C(C)CC(NC)c1ccnc(C)c1. The van der Waals surface area contributed by atoms with Crippen molar-refractivity contribution in [2.75, 3.05) is 7.05 Å². The van der Waals surface area contributed by atoms with Crippen LogP contribution in [0.2, 0.25) is 0 Å². The maximum absolute atomic E-state index is 4.19. The Morgan fingerprint density at radius 3 is 2.86 bits per heavy atom. The molecule has 1 unspecified atom stereocenters. The smallest absolute Gasteiger partial charge is 0.0375 e. The average Bonchev–Trinajstić information content (AvgIpc) is 2.14. The summed E-state index contributed by atoms with van der Waals surface area (Å²) in [6.07, 6.45) is 2.83. The quantitative estimate of drug-likeness (QED) is 0.738. The molecule has 0 saturated heterocycles. The third-order valence-corrected chi connectivity index (χ3v) is 2.22. The van der Waals surface area contributed by atoms with Crippen molar-refractivity contribution in [3.63, 3.8) is 0 Å². The fourth-order valence-electron chi connectivity index (χ4n) is 1.52. The van der Waals surface area contributed by atoms with Crippen LogP contribution in [0.15, 0.2) is 30.5 Å². The van der Waals surface area contributed by atoms with E-state index in [1.54, 1.807) is 0 Å². The zero-order valence-corrected chi connectivity index (χ0v) is 9.17. The molecule has 1 aromatic heterocycles. The molecule has 0 aromatic carbocycles. The molecule has 0 saturated carbocycles. The van der Waals surface area contributed by atoms with E-state index in [2.05, 4.69) is 35.9 Å². The molecule has 0 aliphatic heterocycles. The second kappa shape index (κ2) is 4.91. The Morgan fingerprint density at radius 2 is 2.36 bits per heavy atom. The van der Waals surface area contributed by atoms with E-state index in [0.717, 1.165) is 12.1 Å². The standard InChI is InChI=1S/C12H18N2/c1-9(2)7-12(13-4)11-5-6-14-10(3)8-11/h5-6,8,12-13H,1,7H2,2-4H3. The first kappa shape index (κ1) is 10.9. The Bertz CT molecular complexity index is 318. The molecule has 2 nitrogen and oxygen atoms in total. The normalized spacial score (nSPS) is 12.5. The number of rotatable bonds is 4. The highest BCUT2D eigenvalue weighted by Crippen LogP contribution is 2.19. The lowest BCUT2D eigenvalue weighted by Gasteiger charge is -2.16. The molecular formula is C12H18N2. The van der Waals surface area contributed by atoms with Gasteiger partial charge in [0.15, 0.2) is 0 Å². The lowest BCUT2D eigenvalue weighted by atomic mass is 10.0. The van der Waals surface area contributed by atoms with Crippen molar-refractivity contribution in [1.82, 2.24) is 10.3 Å². The molecule has 2 heteroatoms. The van der Waals surface area contributed by atoms with Crippen LogP contribution in [0.5, 0.6) is 0 Å². The van der Waals surface area contributed by atoms with Gasteiger partial charge in [-0.1, -0.05) is 5.57 Å². The van der Waals surface area contributed by atoms with Crippen LogP contribution < -0.4 is 5.32 Å². The Balaban J connectivity index is 2.83. The molecule has 1 rings (SSSR count). The molecule has 0 aliphatic carbocycles. The summed E-state index contributed by atoms with van der Waals surface area (Å²) in [6.45, 7) is 8.00. The van der Waals surface area contributed by atoms with Gasteiger partial charge in [0.25, 0.3) is 0 Å². The first-order chi connectivity index (χ1) is 6.63. The lowest BCUT2D eigenvalue weighted by Crippen LogP contribution is -2.16. The van der Waals surface area contributed by atoms with Gasteiger partial charge in [0, 0.05) is 17.9 Å². The molecular weight excluding hydrogens is 172 g/mol. The predicted octanol–water partition coefficient (Wildman–Crippen LogP) is 2.62. The van der Waals surface area contributed by atoms with Gasteiger partial charge in [-0.05, 0) is 45.0 Å². The van der Waals surface area contributed by atoms with Crippen molar-refractivity contribution >= 4 is 0 Å². The van der Waals surface area contributed by atoms with E-state index in [1.807, 2.05) is 20.2 Å². The molecule has 0 fully saturated rings. The molecule has 1 aromatic rings. The number of nitrogens with one attached hydrogen (secondary N) is 1. The molecule has 76 valence electrons. The van der Waals surface area contributed by atoms with Crippen molar-refractivity contribution in [2.45, 2.75) is 26.3 Å². The Kier molecular flexibility index (Phi) is 3.84. The maximum Gasteiger partial charge on any atom is 0.0375 e. The van der Waals surface area contributed by atoms with E-state index < -0.39 is 0 Å². The fourth-order valence-corrected chi connectivity index (χ4v) is 1.52. The lowest BCUT2D eigenvalue weighted by molar-refractivity contribution is 0.588. The summed E-state index contributed by atoms with van der Waals surface area (Å²) in [5, 5.41) is 3.29. The molecule has 0 spiro atoms. The van der Waals surface area contributed by atoms with Gasteiger partial charge in [-0.3, -0.25) is 4.98 Å². The Hall–Kier alpha value is -1.15. The van der Waals surface area contributed by atoms with E-state index >= 15 is 0 Å². The molecule has 0 aliphatic rings. The van der Waals surface area contributed by atoms with Gasteiger partial charge in [0.1, 0.15) is 0 Å². The van der Waals surface area contributed by atoms with E-state index in [0.29, 0.717) is 6.04 Å². The van der Waals surface area contributed by atoms with Crippen LogP contribution >= 0.6 is 0 Å². The van der Waals surface area contributed by atoms with Crippen LogP contribution in [0, 0.1) is 6.92 Å². The highest BCUT2D eigenvalue weighted by molar-refractivity contribution is 5.20. The molecule has 14 heavy (non-hydrogen) atoms. The largest absolute Gasteiger partial charge is 0.313 e. The van der Waals surface area contributed by atoms with Crippen molar-refractivity contribution in [2.24, 2.45) is 0 Å². The summed E-state index contributed by atoms with van der Waals surface area (Å²) in [5.41, 5.74) is 3.53. The number of pyridine rings is 1. The van der Waals surface area contributed by atoms with Crippen molar-refractivity contribution in [3.8, 4) is 0 Å². The average molecular weight is 190 g/mol. The minimum atomic E-state index is 0.356. The first-order valence-corrected chi connectivity index (χ1v) is 4.87. The summed E-state index contributed by atoms with van der Waals surface area (Å²) in [4.78, 5) is 4.19. The van der Waals surface area contributed by atoms with Gasteiger partial charge in [-0.15, -0.1) is 6.58 Å². The van der Waals surface area contributed by atoms with Crippen molar-refractivity contribution in [1.29, 1.82) is 0 Å². The fraction of sp³-hybridized carbons (Fsp3) is 0.417. The number of aryl methyl sites for hydroxylation is 1. The Morgan fingerprint density at radius 1 is 1.64 bits per heavy atom. The number of nitrogens with zero attached hydrogens (tertiary/aromatic N) is 1. The minimum absolute atomic E-state index is 0.356. The van der Waals surface area contributed by atoms with E-state index in [4.69, 9.17) is 0 Å². The van der Waals surface area contributed by atoms with Gasteiger partial charge in [0.05, 0.1) is 0 Å². The monoisotopic (exact) mass is 190 g/mol. The maximum atomic E-state index is 4.19. The second-order valence-corrected chi connectivity index (χ2v) is 3.73. The summed E-state index contributed by atoms with van der Waals surface area (Å²) >= 11 is 0. The summed E-state index contributed by atoms with van der Waals surface area (Å²) < 4.78 is 0. The van der Waals surface area contributed by atoms with Crippen LogP contribution in [-0.4, -0.2) is 12.0 Å². The number of aromatic nitrogens is 1. The van der Waals surface area contributed by atoms with Crippen LogP contribution in [0.4, 0.5) is 0 Å².